The van der Waals surface area contributed by atoms with Crippen LogP contribution in [0.2, 0.25) is 0 Å². The summed E-state index contributed by atoms with van der Waals surface area (Å²) >= 11 is 0. The van der Waals surface area contributed by atoms with Gasteiger partial charge in [0, 0.05) is 6.42 Å². The van der Waals surface area contributed by atoms with Crippen LogP contribution in [-0.4, -0.2) is 52.1 Å². The molecule has 10 N–H and O–H groups in total. The van der Waals surface area contributed by atoms with Crippen molar-refractivity contribution in [1.82, 2.24) is 17.6 Å². The third kappa shape index (κ3) is 6.55. The average molecular weight is 729 g/mol. The van der Waals surface area contributed by atoms with Crippen molar-refractivity contribution in [3.63, 3.8) is 0 Å². The maximum atomic E-state index is 12.0. The minimum atomic E-state index is -1.29. The van der Waals surface area contributed by atoms with Crippen molar-refractivity contribution in [2.75, 3.05) is 6.54 Å². The molecule has 0 radical (unpaired) electrons. The summed E-state index contributed by atoms with van der Waals surface area (Å²) in [6.45, 7) is 6.21. The fraction of sp³-hybridized carbons (Fsp3) is 0.923. The first-order valence-electron chi connectivity index (χ1n) is 13.0. The van der Waals surface area contributed by atoms with Gasteiger partial charge in [-0.3, -0.25) is 4.79 Å². The Hall–Kier alpha value is -0.282. The first kappa shape index (κ1) is 36.7. The van der Waals surface area contributed by atoms with Crippen molar-refractivity contribution >= 4 is 11.9 Å². The molecule has 0 aliphatic heterocycles. The van der Waals surface area contributed by atoms with Gasteiger partial charge >= 0.3 is 21.1 Å². The Labute approximate surface area is 242 Å². The zero-order valence-electron chi connectivity index (χ0n) is 22.4. The number of rotatable bonds is 6. The van der Waals surface area contributed by atoms with Crippen molar-refractivity contribution in [3.05, 3.63) is 0 Å². The maximum Gasteiger partial charge on any atom is 2.00 e. The van der Waals surface area contributed by atoms with E-state index in [1.807, 2.05) is 0 Å². The van der Waals surface area contributed by atoms with Crippen LogP contribution in [0, 0.1) is 46.3 Å². The summed E-state index contributed by atoms with van der Waals surface area (Å²) in [5, 5.41) is 46.1. The van der Waals surface area contributed by atoms with Gasteiger partial charge in [0.05, 0.1) is 30.8 Å². The van der Waals surface area contributed by atoms with Gasteiger partial charge in [0.1, 0.15) is 0 Å². The van der Waals surface area contributed by atoms with Crippen molar-refractivity contribution < 1.29 is 63.5 Å². The number of fused-ring (bicyclic) bond motifs is 5. The molecule has 4 fully saturated rings. The van der Waals surface area contributed by atoms with Crippen molar-refractivity contribution in [2.45, 2.75) is 96.9 Å². The van der Waals surface area contributed by atoms with E-state index >= 15 is 0 Å². The number of amides is 1. The molecule has 11 atom stereocenters. The van der Waals surface area contributed by atoms with Crippen molar-refractivity contribution in [2.24, 2.45) is 46.3 Å². The van der Waals surface area contributed by atoms with Gasteiger partial charge in [-0.2, -0.15) is 0 Å². The molecule has 0 spiro atoms. The largest absolute Gasteiger partial charge is 2.00 e. The standard InChI is InChI=1S/C26H43NO6.ClH.2H3N.Pt/c1-14(4-7-22(31)27-13-23(32)33)17-5-6-18-24-19(12-21(30)26(17,18)3)25(2)9-8-16(28)10-15(25)11-20(24)29;;;;/h14-21,24,28-30H,4-13H2,1-3H3,(H,27,31)(H,32,33);1H;2*1H3;/q;;;;+2/p-2/t14?,15?,16-,17-,18?,19?,20-,21+,24?,25+,26-;;;;/m1..../s1. The molecule has 0 bridgehead atoms. The van der Waals surface area contributed by atoms with Crippen LogP contribution >= 0.6 is 0 Å². The molecule has 9 nitrogen and oxygen atoms in total. The van der Waals surface area contributed by atoms with E-state index in [-0.39, 0.29) is 111 Å². The summed E-state index contributed by atoms with van der Waals surface area (Å²) in [5.41, 5.74) is -0.230. The van der Waals surface area contributed by atoms with Gasteiger partial charge in [-0.1, -0.05) is 20.8 Å². The number of aliphatic hydroxyl groups excluding tert-OH is 3. The van der Waals surface area contributed by atoms with Crippen LogP contribution in [-0.2, 0) is 30.7 Å². The van der Waals surface area contributed by atoms with Crippen molar-refractivity contribution in [3.8, 4) is 0 Å². The minimum absolute atomic E-state index is 0. The second-order valence-electron chi connectivity index (χ2n) is 12.2. The van der Waals surface area contributed by atoms with Crippen LogP contribution < -0.4 is 35.1 Å². The number of halogens is 1. The number of hydrogen-bond donors (Lipinski definition) is 6. The predicted octanol–water partition coefficient (Wildman–Crippen LogP) is -1.44. The van der Waals surface area contributed by atoms with E-state index in [2.05, 4.69) is 26.1 Å². The normalized spacial score (nSPS) is 42.5. The number of carboxylic acids is 1. The van der Waals surface area contributed by atoms with Crippen LogP contribution in [0.5, 0.6) is 0 Å². The molecule has 0 aromatic heterocycles. The van der Waals surface area contributed by atoms with E-state index in [1.54, 1.807) is 0 Å². The summed E-state index contributed by atoms with van der Waals surface area (Å²) in [6, 6.07) is 0. The second-order valence-corrected chi connectivity index (χ2v) is 12.2. The minimum Gasteiger partial charge on any atom is -1.00 e. The molecular weight excluding hydrogens is 681 g/mol. The van der Waals surface area contributed by atoms with E-state index in [0.717, 1.165) is 38.5 Å². The molecule has 220 valence electrons. The van der Waals surface area contributed by atoms with Crippen LogP contribution in [0.3, 0.4) is 0 Å². The molecule has 1 amide bonds. The maximum absolute atomic E-state index is 12.0. The molecule has 0 aromatic carbocycles. The molecule has 4 rings (SSSR count). The molecule has 11 heteroatoms. The number of aliphatic hydroxyl groups is 3. The fourth-order valence-electron chi connectivity index (χ4n) is 8.95. The van der Waals surface area contributed by atoms with Gasteiger partial charge in [-0.15, -0.1) is 0 Å². The number of hydrogen-bond acceptors (Lipinski definition) is 8. The van der Waals surface area contributed by atoms with Crippen LogP contribution in [0.1, 0.15) is 78.6 Å². The summed E-state index contributed by atoms with van der Waals surface area (Å²) in [7, 11) is 0. The Balaban J connectivity index is 0.00000324. The van der Waals surface area contributed by atoms with Crippen LogP contribution in [0.25, 0.3) is 0 Å². The Kier molecular flexibility index (Phi) is 13.8. The molecule has 0 aromatic rings. The predicted molar refractivity (Wildman–Crippen MR) is 130 cm³/mol. The van der Waals surface area contributed by atoms with Crippen LogP contribution in [0.4, 0.5) is 0 Å². The zero-order valence-corrected chi connectivity index (χ0v) is 25.5. The molecule has 4 aliphatic rings. The fourth-order valence-corrected chi connectivity index (χ4v) is 8.95. The Morgan fingerprint density at radius 2 is 1.68 bits per heavy atom. The van der Waals surface area contributed by atoms with E-state index in [0.29, 0.717) is 18.8 Å². The zero-order chi connectivity index (χ0) is 24.1. The molecule has 4 aliphatic carbocycles. The van der Waals surface area contributed by atoms with Gasteiger partial charge in [0.2, 0.25) is 5.91 Å². The third-order valence-electron chi connectivity index (χ3n) is 10.8. The summed E-state index contributed by atoms with van der Waals surface area (Å²) in [6.07, 6.45) is 5.75. The number of carbonyl (C=O) groups excluding carboxylic acids is 2. The first-order chi connectivity index (χ1) is 15.5. The van der Waals surface area contributed by atoms with Gasteiger partial charge in [0.15, 0.2) is 0 Å². The Bertz CT molecular complexity index is 781. The summed E-state index contributed by atoms with van der Waals surface area (Å²) in [5.74, 6) is -0.0789. The quantitative estimate of drug-likeness (QED) is 0.191. The summed E-state index contributed by atoms with van der Waals surface area (Å²) in [4.78, 5) is 22.6. The Morgan fingerprint density at radius 3 is 2.30 bits per heavy atom. The molecule has 4 saturated carbocycles. The van der Waals surface area contributed by atoms with E-state index in [9.17, 15) is 30.0 Å². The van der Waals surface area contributed by atoms with E-state index in [1.165, 1.54) is 0 Å². The SMILES string of the molecule is CC(CCC(=O)NCC(=O)[O-])[C@H]1CCC2C3C(C[C@H](O)[C@@]21C)[C@@]1(C)CC[C@@H](O)CC1C[C@H]3O.N.N.[Cl-].[Pt+2]. The molecule has 0 saturated heterocycles. The van der Waals surface area contributed by atoms with Crippen molar-refractivity contribution in [1.29, 1.82) is 0 Å². The number of aliphatic carboxylic acids is 1. The number of carbonyl (C=O) groups is 2. The summed E-state index contributed by atoms with van der Waals surface area (Å²) < 4.78 is 0. The number of nitrogens with one attached hydrogen (secondary N) is 1. The molecule has 37 heavy (non-hydrogen) atoms. The molecule has 5 unspecified atom stereocenters. The number of carboxylic acid groups (broad SMARTS) is 1. The topological polar surface area (TPSA) is 200 Å². The van der Waals surface area contributed by atoms with Gasteiger partial charge in [-0.05, 0) is 97.7 Å². The monoisotopic (exact) mass is 728 g/mol. The smallest absolute Gasteiger partial charge is 1.00 e. The van der Waals surface area contributed by atoms with E-state index in [4.69, 9.17) is 0 Å². The molecular formula is C26H48ClN3O6Pt. The van der Waals surface area contributed by atoms with E-state index < -0.39 is 18.6 Å². The first-order valence-corrected chi connectivity index (χ1v) is 13.0. The average Bonchev–Trinajstić information content (AvgIpc) is 3.11. The van der Waals surface area contributed by atoms with Gasteiger partial charge in [0.25, 0.3) is 0 Å². The second kappa shape index (κ2) is 13.9. The molecule has 0 heterocycles. The van der Waals surface area contributed by atoms with Crippen LogP contribution in [0.15, 0.2) is 0 Å². The van der Waals surface area contributed by atoms with Gasteiger partial charge < -0.3 is 55.2 Å². The third-order valence-corrected chi connectivity index (χ3v) is 10.8. The Morgan fingerprint density at radius 1 is 1.03 bits per heavy atom. The van der Waals surface area contributed by atoms with Gasteiger partial charge in [-0.25, -0.2) is 0 Å².